The van der Waals surface area contributed by atoms with Crippen molar-refractivity contribution in [1.29, 1.82) is 0 Å². The second-order valence-corrected chi connectivity index (χ2v) is 9.85. The molecule has 1 atom stereocenters. The summed E-state index contributed by atoms with van der Waals surface area (Å²) in [6, 6.07) is 8.39. The number of aromatic nitrogens is 4. The molecule has 1 aliphatic heterocycles. The van der Waals surface area contributed by atoms with Crippen molar-refractivity contribution in [3.8, 4) is 22.6 Å². The van der Waals surface area contributed by atoms with Crippen LogP contribution in [0.2, 0.25) is 0 Å². The number of nitrogens with zero attached hydrogens (tertiary/aromatic N) is 5. The van der Waals surface area contributed by atoms with Gasteiger partial charge in [0.25, 0.3) is 0 Å². The minimum Gasteiger partial charge on any atom is -0.432 e. The Kier molecular flexibility index (Phi) is 6.46. The highest BCUT2D eigenvalue weighted by atomic mass is 19.1. The van der Waals surface area contributed by atoms with E-state index in [-0.39, 0.29) is 17.9 Å². The summed E-state index contributed by atoms with van der Waals surface area (Å²) >= 11 is 0. The molecule has 2 N–H and O–H groups in total. The van der Waals surface area contributed by atoms with Crippen molar-refractivity contribution in [1.82, 2.24) is 29.6 Å². The molecule has 0 radical (unpaired) electrons. The molecule has 0 unspecified atom stereocenters. The van der Waals surface area contributed by atoms with E-state index in [2.05, 4.69) is 20.6 Å². The maximum absolute atomic E-state index is 13.5. The molecule has 10 heteroatoms. The summed E-state index contributed by atoms with van der Waals surface area (Å²) in [6.45, 7) is 1.36. The highest BCUT2D eigenvalue weighted by Gasteiger charge is 2.26. The second kappa shape index (κ2) is 10.2. The Hall–Kier alpha value is -3.95. The normalized spacial score (nSPS) is 18.7. The molecule has 1 aliphatic carbocycles. The Labute approximate surface area is 214 Å². The van der Waals surface area contributed by atoms with E-state index in [1.807, 2.05) is 15.4 Å². The van der Waals surface area contributed by atoms with E-state index >= 15 is 0 Å². The van der Waals surface area contributed by atoms with Gasteiger partial charge in [-0.15, -0.1) is 0 Å². The lowest BCUT2D eigenvalue weighted by molar-refractivity contribution is 0.175. The minimum absolute atomic E-state index is 0.0265. The van der Waals surface area contributed by atoms with E-state index in [0.717, 1.165) is 43.5 Å². The Bertz CT molecular complexity index is 1380. The number of hydrogen-bond donors (Lipinski definition) is 2. The lowest BCUT2D eigenvalue weighted by Crippen LogP contribution is -2.51. The fourth-order valence-corrected chi connectivity index (χ4v) is 5.37. The summed E-state index contributed by atoms with van der Waals surface area (Å²) in [7, 11) is 0. The van der Waals surface area contributed by atoms with Gasteiger partial charge in [-0.1, -0.05) is 19.3 Å². The van der Waals surface area contributed by atoms with Crippen molar-refractivity contribution in [2.45, 2.75) is 57.0 Å². The Morgan fingerprint density at radius 3 is 2.65 bits per heavy atom. The van der Waals surface area contributed by atoms with Gasteiger partial charge < -0.3 is 20.0 Å². The molecule has 37 heavy (non-hydrogen) atoms. The van der Waals surface area contributed by atoms with Crippen molar-refractivity contribution >= 4 is 17.8 Å². The molecule has 1 saturated carbocycles. The van der Waals surface area contributed by atoms with E-state index < -0.39 is 0 Å². The number of oxazole rings is 1. The standard InChI is InChI=1S/C27H30FN7O2/c28-19-10-8-18(9-11-19)23-24(35-15-16-37-27(35)33-23)22-12-13-29-25(32-22)30-21-7-4-14-34(17-21)26(36)31-20-5-2-1-3-6-20/h8-13,15-16,20-21H,1-7,14,17H2,(H,31,36)(H,29,30,32)/t21-/m1/s1. The molecule has 1 saturated heterocycles. The van der Waals surface area contributed by atoms with Gasteiger partial charge in [0.2, 0.25) is 5.95 Å². The van der Waals surface area contributed by atoms with Crippen LogP contribution in [0.1, 0.15) is 44.9 Å². The Balaban J connectivity index is 1.20. The SMILES string of the molecule is O=C(NC1CCCCC1)N1CCC[C@@H](Nc2nccc(-c3c(-c4ccc(F)cc4)nc4occn34)n2)C1. The molecule has 192 valence electrons. The monoisotopic (exact) mass is 503 g/mol. The fourth-order valence-electron chi connectivity index (χ4n) is 5.37. The van der Waals surface area contributed by atoms with Crippen LogP contribution in [0.25, 0.3) is 28.5 Å². The van der Waals surface area contributed by atoms with Crippen molar-refractivity contribution in [3.63, 3.8) is 0 Å². The van der Waals surface area contributed by atoms with Gasteiger partial charge in [0, 0.05) is 43.1 Å². The van der Waals surface area contributed by atoms with Crippen LogP contribution >= 0.6 is 0 Å². The number of likely N-dealkylation sites (tertiary alicyclic amines) is 1. The summed E-state index contributed by atoms with van der Waals surface area (Å²) in [5.74, 6) is 0.602. The van der Waals surface area contributed by atoms with Crippen LogP contribution < -0.4 is 10.6 Å². The van der Waals surface area contributed by atoms with E-state index in [0.29, 0.717) is 35.8 Å². The highest BCUT2D eigenvalue weighted by molar-refractivity contribution is 5.79. The van der Waals surface area contributed by atoms with Gasteiger partial charge in [-0.2, -0.15) is 4.98 Å². The van der Waals surface area contributed by atoms with Crippen LogP contribution in [0, 0.1) is 5.82 Å². The number of rotatable bonds is 5. The number of urea groups is 1. The summed E-state index contributed by atoms with van der Waals surface area (Å²) < 4.78 is 20.9. The van der Waals surface area contributed by atoms with Crippen LogP contribution in [0.15, 0.2) is 53.4 Å². The van der Waals surface area contributed by atoms with Crippen LogP contribution in [-0.4, -0.2) is 55.5 Å². The summed E-state index contributed by atoms with van der Waals surface area (Å²) in [6.07, 6.45) is 12.7. The number of carbonyl (C=O) groups excluding carboxylic acids is 1. The average Bonchev–Trinajstić information content (AvgIpc) is 3.52. The molecule has 0 bridgehead atoms. The molecule has 4 aromatic rings. The number of piperidine rings is 1. The topological polar surface area (TPSA) is 101 Å². The lowest BCUT2D eigenvalue weighted by atomic mass is 9.95. The number of amides is 2. The third-order valence-corrected chi connectivity index (χ3v) is 7.25. The van der Waals surface area contributed by atoms with Crippen molar-refractivity contribution in [2.24, 2.45) is 0 Å². The molecule has 2 amide bonds. The van der Waals surface area contributed by atoms with Gasteiger partial charge in [0.1, 0.15) is 23.5 Å². The first kappa shape index (κ1) is 23.4. The first-order chi connectivity index (χ1) is 18.1. The first-order valence-electron chi connectivity index (χ1n) is 13.0. The Morgan fingerprint density at radius 1 is 1.00 bits per heavy atom. The van der Waals surface area contributed by atoms with E-state index in [9.17, 15) is 9.18 Å². The Morgan fingerprint density at radius 2 is 1.81 bits per heavy atom. The molecule has 2 fully saturated rings. The minimum atomic E-state index is -0.310. The van der Waals surface area contributed by atoms with E-state index in [1.54, 1.807) is 30.8 Å². The van der Waals surface area contributed by atoms with Crippen molar-refractivity contribution in [2.75, 3.05) is 18.4 Å². The number of anilines is 1. The maximum Gasteiger partial charge on any atom is 0.317 e. The fraction of sp³-hybridized carbons (Fsp3) is 0.407. The first-order valence-corrected chi connectivity index (χ1v) is 13.0. The number of nitrogens with one attached hydrogen (secondary N) is 2. The number of halogens is 1. The van der Waals surface area contributed by atoms with Crippen LogP contribution in [-0.2, 0) is 0 Å². The quantitative estimate of drug-likeness (QED) is 0.393. The summed E-state index contributed by atoms with van der Waals surface area (Å²) in [5, 5.41) is 6.66. The molecular weight excluding hydrogens is 473 g/mol. The van der Waals surface area contributed by atoms with Crippen molar-refractivity contribution < 1.29 is 13.6 Å². The molecule has 4 heterocycles. The van der Waals surface area contributed by atoms with Crippen LogP contribution in [0.5, 0.6) is 0 Å². The zero-order valence-corrected chi connectivity index (χ0v) is 20.6. The van der Waals surface area contributed by atoms with E-state index in [4.69, 9.17) is 9.40 Å². The van der Waals surface area contributed by atoms with Gasteiger partial charge >= 0.3 is 11.9 Å². The van der Waals surface area contributed by atoms with Gasteiger partial charge in [-0.05, 0) is 56.0 Å². The average molecular weight is 504 g/mol. The van der Waals surface area contributed by atoms with Crippen molar-refractivity contribution in [3.05, 3.63) is 54.8 Å². The zero-order valence-electron chi connectivity index (χ0n) is 20.6. The molecule has 2 aliphatic rings. The van der Waals surface area contributed by atoms with Gasteiger partial charge in [0.15, 0.2) is 0 Å². The third kappa shape index (κ3) is 5.00. The molecule has 0 spiro atoms. The predicted molar refractivity (Wildman–Crippen MR) is 138 cm³/mol. The molecule has 9 nitrogen and oxygen atoms in total. The maximum atomic E-state index is 13.5. The summed E-state index contributed by atoms with van der Waals surface area (Å²) in [5.41, 5.74) is 2.80. The number of imidazole rings is 1. The van der Waals surface area contributed by atoms with Gasteiger partial charge in [-0.3, -0.25) is 4.40 Å². The van der Waals surface area contributed by atoms with Gasteiger partial charge in [0.05, 0.1) is 5.69 Å². The number of benzene rings is 1. The highest BCUT2D eigenvalue weighted by Crippen LogP contribution is 2.32. The predicted octanol–water partition coefficient (Wildman–Crippen LogP) is 5.11. The third-order valence-electron chi connectivity index (χ3n) is 7.25. The van der Waals surface area contributed by atoms with Gasteiger partial charge in [-0.25, -0.2) is 19.2 Å². The summed E-state index contributed by atoms with van der Waals surface area (Å²) in [4.78, 5) is 28.6. The number of fused-ring (bicyclic) bond motifs is 1. The second-order valence-electron chi connectivity index (χ2n) is 9.85. The molecule has 1 aromatic carbocycles. The number of hydrogen-bond acceptors (Lipinski definition) is 6. The smallest absolute Gasteiger partial charge is 0.317 e. The molecule has 6 rings (SSSR count). The number of carbonyl (C=O) groups is 1. The zero-order chi connectivity index (χ0) is 25.2. The molecule has 3 aromatic heterocycles. The van der Waals surface area contributed by atoms with E-state index in [1.165, 1.54) is 31.4 Å². The van der Waals surface area contributed by atoms with Crippen LogP contribution in [0.4, 0.5) is 15.1 Å². The van der Waals surface area contributed by atoms with Crippen LogP contribution in [0.3, 0.4) is 0 Å². The largest absolute Gasteiger partial charge is 0.432 e. The molecular formula is C27H30FN7O2. The lowest BCUT2D eigenvalue weighted by Gasteiger charge is -2.35.